The third-order valence-electron chi connectivity index (χ3n) is 4.78. The van der Waals surface area contributed by atoms with Crippen LogP contribution in [0, 0.1) is 0 Å². The quantitative estimate of drug-likeness (QED) is 0.554. The van der Waals surface area contributed by atoms with Crippen molar-refractivity contribution in [1.29, 1.82) is 0 Å². The van der Waals surface area contributed by atoms with Gasteiger partial charge in [-0.3, -0.25) is 14.4 Å². The summed E-state index contributed by atoms with van der Waals surface area (Å²) in [6.45, 7) is 2.39. The van der Waals surface area contributed by atoms with Crippen LogP contribution in [0.3, 0.4) is 0 Å². The summed E-state index contributed by atoms with van der Waals surface area (Å²) in [5, 5.41) is 0. The minimum atomic E-state index is -0.390. The molecular weight excluding hydrogens is 342 g/mol. The molecule has 1 fully saturated rings. The molecule has 5 nitrogen and oxygen atoms in total. The van der Waals surface area contributed by atoms with Gasteiger partial charge in [0.15, 0.2) is 12.4 Å². The molecule has 3 rings (SSSR count). The van der Waals surface area contributed by atoms with Crippen molar-refractivity contribution < 1.29 is 19.1 Å². The molecule has 140 valence electrons. The van der Waals surface area contributed by atoms with E-state index in [4.69, 9.17) is 4.74 Å². The molecule has 1 amide bonds. The fourth-order valence-corrected chi connectivity index (χ4v) is 3.19. The second-order valence-electron chi connectivity index (χ2n) is 6.80. The van der Waals surface area contributed by atoms with Crippen molar-refractivity contribution in [3.05, 3.63) is 65.7 Å². The van der Waals surface area contributed by atoms with E-state index in [1.54, 1.807) is 29.2 Å². The number of ketones is 1. The summed E-state index contributed by atoms with van der Waals surface area (Å²) in [4.78, 5) is 37.7. The Bertz CT molecular complexity index is 814. The Morgan fingerprint density at radius 2 is 1.78 bits per heavy atom. The molecule has 1 heterocycles. The maximum absolute atomic E-state index is 12.2. The molecular formula is C22H23NO4. The summed E-state index contributed by atoms with van der Waals surface area (Å²) in [6.07, 6.45) is 1.65. The van der Waals surface area contributed by atoms with Gasteiger partial charge in [-0.2, -0.15) is 0 Å². The van der Waals surface area contributed by atoms with Gasteiger partial charge in [-0.25, -0.2) is 0 Å². The summed E-state index contributed by atoms with van der Waals surface area (Å²) in [5.41, 5.74) is 2.32. The van der Waals surface area contributed by atoms with Gasteiger partial charge in [0.1, 0.15) is 0 Å². The zero-order valence-electron chi connectivity index (χ0n) is 15.4. The van der Waals surface area contributed by atoms with Crippen LogP contribution in [0.25, 0.3) is 0 Å². The maximum atomic E-state index is 12.2. The smallest absolute Gasteiger partial charge is 0.306 e. The van der Waals surface area contributed by atoms with Gasteiger partial charge in [0, 0.05) is 24.2 Å². The first-order chi connectivity index (χ1) is 13.0. The largest absolute Gasteiger partial charge is 0.457 e. The molecule has 5 heteroatoms. The predicted molar refractivity (Wildman–Crippen MR) is 103 cm³/mol. The summed E-state index contributed by atoms with van der Waals surface area (Å²) >= 11 is 0. The number of Topliss-reactive ketones (excluding diaryl/α,β-unsaturated/α-hetero) is 1. The molecule has 0 radical (unpaired) electrons. The van der Waals surface area contributed by atoms with E-state index < -0.39 is 0 Å². The average Bonchev–Trinajstić information content (AvgIpc) is 3.13. The topological polar surface area (TPSA) is 63.7 Å². The van der Waals surface area contributed by atoms with Crippen molar-refractivity contribution in [2.24, 2.45) is 0 Å². The first-order valence-electron chi connectivity index (χ1n) is 9.19. The molecule has 27 heavy (non-hydrogen) atoms. The van der Waals surface area contributed by atoms with Crippen LogP contribution in [0.4, 0.5) is 5.69 Å². The molecule has 1 aliphatic heterocycles. The van der Waals surface area contributed by atoms with E-state index >= 15 is 0 Å². The number of rotatable bonds is 7. The second-order valence-corrected chi connectivity index (χ2v) is 6.80. The van der Waals surface area contributed by atoms with Crippen LogP contribution in [0.5, 0.6) is 0 Å². The molecule has 1 saturated heterocycles. The number of amides is 1. The van der Waals surface area contributed by atoms with E-state index in [0.29, 0.717) is 18.5 Å². The van der Waals surface area contributed by atoms with Gasteiger partial charge >= 0.3 is 5.97 Å². The molecule has 1 aliphatic rings. The van der Waals surface area contributed by atoms with E-state index in [1.807, 2.05) is 37.3 Å². The first-order valence-corrected chi connectivity index (χ1v) is 9.19. The SMILES string of the molecule is C[C@H](CC(=O)OCC(=O)c1ccc(N2CCCC2=O)cc1)c1ccccc1. The monoisotopic (exact) mass is 365 g/mol. The number of anilines is 1. The summed E-state index contributed by atoms with van der Waals surface area (Å²) < 4.78 is 5.14. The molecule has 2 aromatic rings. The first kappa shape index (κ1) is 18.8. The summed E-state index contributed by atoms with van der Waals surface area (Å²) in [6, 6.07) is 16.6. The molecule has 0 spiro atoms. The molecule has 0 bridgehead atoms. The van der Waals surface area contributed by atoms with Gasteiger partial charge in [0.2, 0.25) is 5.91 Å². The van der Waals surface area contributed by atoms with Crippen molar-refractivity contribution in [2.45, 2.75) is 32.1 Å². The summed E-state index contributed by atoms with van der Waals surface area (Å²) in [5.74, 6) is -0.504. The standard InChI is InChI=1S/C22H23NO4/c1-16(17-6-3-2-4-7-17)14-22(26)27-15-20(24)18-9-11-19(12-10-18)23-13-5-8-21(23)25/h2-4,6-7,9-12,16H,5,8,13-15H2,1H3/t16-/m1/s1. The van der Waals surface area contributed by atoms with E-state index in [0.717, 1.165) is 17.7 Å². The minimum Gasteiger partial charge on any atom is -0.457 e. The van der Waals surface area contributed by atoms with Gasteiger partial charge in [-0.1, -0.05) is 37.3 Å². The highest BCUT2D eigenvalue weighted by atomic mass is 16.5. The van der Waals surface area contributed by atoms with E-state index in [1.165, 1.54) is 0 Å². The number of nitrogens with zero attached hydrogens (tertiary/aromatic N) is 1. The number of carbonyl (C=O) groups is 3. The van der Waals surface area contributed by atoms with Gasteiger partial charge < -0.3 is 9.64 Å². The predicted octanol–water partition coefficient (Wildman–Crippen LogP) is 3.73. The number of carbonyl (C=O) groups excluding carboxylic acids is 3. The Morgan fingerprint density at radius 1 is 1.07 bits per heavy atom. The lowest BCUT2D eigenvalue weighted by Gasteiger charge is -2.15. The molecule has 1 atom stereocenters. The molecule has 0 aliphatic carbocycles. The van der Waals surface area contributed by atoms with Crippen LogP contribution in [0.1, 0.15) is 48.0 Å². The fourth-order valence-electron chi connectivity index (χ4n) is 3.19. The van der Waals surface area contributed by atoms with Crippen molar-refractivity contribution in [2.75, 3.05) is 18.1 Å². The van der Waals surface area contributed by atoms with Gasteiger partial charge in [-0.05, 0) is 42.2 Å². The van der Waals surface area contributed by atoms with Crippen LogP contribution < -0.4 is 4.90 Å². The van der Waals surface area contributed by atoms with Crippen LogP contribution in [0.2, 0.25) is 0 Å². The minimum absolute atomic E-state index is 0.0334. The zero-order chi connectivity index (χ0) is 19.2. The lowest BCUT2D eigenvalue weighted by Crippen LogP contribution is -2.23. The average molecular weight is 365 g/mol. The van der Waals surface area contributed by atoms with Crippen LogP contribution >= 0.6 is 0 Å². The lowest BCUT2D eigenvalue weighted by molar-refractivity contribution is -0.142. The number of benzene rings is 2. The van der Waals surface area contributed by atoms with Gasteiger partial charge in [-0.15, -0.1) is 0 Å². The van der Waals surface area contributed by atoms with Crippen molar-refractivity contribution in [1.82, 2.24) is 0 Å². The number of hydrogen-bond acceptors (Lipinski definition) is 4. The van der Waals surface area contributed by atoms with Crippen molar-refractivity contribution in [3.8, 4) is 0 Å². The highest BCUT2D eigenvalue weighted by Crippen LogP contribution is 2.22. The Labute approximate surface area is 158 Å². The normalized spacial score (nSPS) is 14.9. The lowest BCUT2D eigenvalue weighted by atomic mass is 9.98. The third-order valence-corrected chi connectivity index (χ3v) is 4.78. The van der Waals surface area contributed by atoms with Gasteiger partial charge in [0.25, 0.3) is 0 Å². The number of hydrogen-bond donors (Lipinski definition) is 0. The van der Waals surface area contributed by atoms with E-state index in [2.05, 4.69) is 0 Å². The number of esters is 1. The Balaban J connectivity index is 1.50. The van der Waals surface area contributed by atoms with E-state index in [-0.39, 0.29) is 36.6 Å². The van der Waals surface area contributed by atoms with Gasteiger partial charge in [0.05, 0.1) is 6.42 Å². The maximum Gasteiger partial charge on any atom is 0.306 e. The van der Waals surface area contributed by atoms with Crippen LogP contribution in [0.15, 0.2) is 54.6 Å². The highest BCUT2D eigenvalue weighted by Gasteiger charge is 2.22. The molecule has 2 aromatic carbocycles. The number of ether oxygens (including phenoxy) is 1. The van der Waals surface area contributed by atoms with E-state index in [9.17, 15) is 14.4 Å². The molecule has 0 aromatic heterocycles. The molecule has 0 N–H and O–H groups in total. The fraction of sp³-hybridized carbons (Fsp3) is 0.318. The summed E-state index contributed by atoms with van der Waals surface area (Å²) in [7, 11) is 0. The molecule has 0 unspecified atom stereocenters. The van der Waals surface area contributed by atoms with Crippen LogP contribution in [-0.2, 0) is 14.3 Å². The second kappa shape index (κ2) is 8.62. The zero-order valence-corrected chi connectivity index (χ0v) is 15.4. The third kappa shape index (κ3) is 4.82. The highest BCUT2D eigenvalue weighted by molar-refractivity contribution is 5.99. The van der Waals surface area contributed by atoms with Crippen molar-refractivity contribution in [3.63, 3.8) is 0 Å². The Hall–Kier alpha value is -2.95. The van der Waals surface area contributed by atoms with Crippen molar-refractivity contribution >= 4 is 23.3 Å². The van der Waals surface area contributed by atoms with Crippen LogP contribution in [-0.4, -0.2) is 30.8 Å². The molecule has 0 saturated carbocycles. The Morgan fingerprint density at radius 3 is 2.41 bits per heavy atom. The Kier molecular flexibility index (Phi) is 6.01.